The number of likely N-dealkylation sites (tertiary alicyclic amines) is 1. The fourth-order valence-electron chi connectivity index (χ4n) is 6.84. The molecule has 5 nitrogen and oxygen atoms in total. The van der Waals surface area contributed by atoms with E-state index in [0.29, 0.717) is 6.54 Å². The van der Waals surface area contributed by atoms with Crippen LogP contribution in [0, 0.1) is 18.7 Å². The second-order valence-corrected chi connectivity index (χ2v) is 10.9. The molecule has 2 aromatic heterocycles. The smallest absolute Gasteiger partial charge is 0.336 e. The van der Waals surface area contributed by atoms with Crippen LogP contribution in [0.1, 0.15) is 38.7 Å². The van der Waals surface area contributed by atoms with Crippen LogP contribution in [0.4, 0.5) is 17.6 Å². The van der Waals surface area contributed by atoms with Crippen LogP contribution in [0.3, 0.4) is 0 Å². The molecule has 3 aromatic carbocycles. The van der Waals surface area contributed by atoms with Crippen LogP contribution >= 0.6 is 0 Å². The van der Waals surface area contributed by atoms with Crippen LogP contribution in [0.15, 0.2) is 91.3 Å². The fraction of sp³-hybridized carbons (Fsp3) is 0.219. The molecule has 0 bridgehead atoms. The van der Waals surface area contributed by atoms with Crippen molar-refractivity contribution < 1.29 is 22.4 Å². The monoisotopic (exact) mass is 556 g/mol. The molecule has 1 saturated carbocycles. The Labute approximate surface area is 233 Å². The number of hydrogen-bond acceptors (Lipinski definition) is 3. The molecule has 1 amide bonds. The average molecular weight is 557 g/mol. The van der Waals surface area contributed by atoms with Gasteiger partial charge >= 0.3 is 6.18 Å². The van der Waals surface area contributed by atoms with Crippen LogP contribution in [-0.4, -0.2) is 38.7 Å². The summed E-state index contributed by atoms with van der Waals surface area (Å²) in [4.78, 5) is 18.9. The number of aromatic nitrogens is 3. The minimum atomic E-state index is -4.68. The highest BCUT2D eigenvalue weighted by Gasteiger charge is 2.71. The number of rotatable bonds is 4. The van der Waals surface area contributed by atoms with E-state index in [2.05, 4.69) is 28.3 Å². The van der Waals surface area contributed by atoms with E-state index in [-0.39, 0.29) is 24.2 Å². The molecule has 7 rings (SSSR count). The van der Waals surface area contributed by atoms with Crippen molar-refractivity contribution in [2.45, 2.75) is 24.4 Å². The van der Waals surface area contributed by atoms with Gasteiger partial charge in [0, 0.05) is 36.0 Å². The topological polar surface area (TPSA) is 51.0 Å². The first-order valence-electron chi connectivity index (χ1n) is 13.3. The van der Waals surface area contributed by atoms with E-state index in [1.54, 1.807) is 23.0 Å². The highest BCUT2D eigenvalue weighted by Crippen LogP contribution is 2.70. The van der Waals surface area contributed by atoms with Crippen LogP contribution in [0.25, 0.3) is 16.6 Å². The number of alkyl halides is 3. The van der Waals surface area contributed by atoms with Crippen molar-refractivity contribution in [3.63, 3.8) is 0 Å². The molecule has 0 radical (unpaired) electrons. The van der Waals surface area contributed by atoms with Crippen molar-refractivity contribution in [3.05, 3.63) is 125 Å². The molecule has 0 unspecified atom stereocenters. The van der Waals surface area contributed by atoms with E-state index in [0.717, 1.165) is 39.3 Å². The lowest BCUT2D eigenvalue weighted by atomic mass is 9.86. The highest BCUT2D eigenvalue weighted by atomic mass is 19.4. The summed E-state index contributed by atoms with van der Waals surface area (Å²) in [6, 6.07) is 22.4. The number of hydrogen-bond donors (Lipinski definition) is 0. The van der Waals surface area contributed by atoms with Gasteiger partial charge in [-0.3, -0.25) is 9.78 Å². The number of aryl methyl sites for hydroxylation is 1. The second-order valence-electron chi connectivity index (χ2n) is 10.9. The third kappa shape index (κ3) is 3.94. The minimum Gasteiger partial charge on any atom is -0.336 e. The van der Waals surface area contributed by atoms with E-state index < -0.39 is 28.8 Å². The van der Waals surface area contributed by atoms with Gasteiger partial charge in [-0.1, -0.05) is 30.3 Å². The summed E-state index contributed by atoms with van der Waals surface area (Å²) >= 11 is 0. The molecule has 2 fully saturated rings. The zero-order valence-corrected chi connectivity index (χ0v) is 21.9. The van der Waals surface area contributed by atoms with Crippen LogP contribution in [0.2, 0.25) is 0 Å². The second kappa shape index (κ2) is 8.99. The molecule has 1 saturated heterocycles. The number of carbonyl (C=O) groups is 1. The number of carbonyl (C=O) groups excluding carboxylic acids is 1. The maximum atomic E-state index is 13.7. The summed E-state index contributed by atoms with van der Waals surface area (Å²) in [5, 5.41) is 5.43. The molecule has 0 N–H and O–H groups in total. The van der Waals surface area contributed by atoms with Gasteiger partial charge in [-0.2, -0.15) is 18.3 Å². The van der Waals surface area contributed by atoms with Crippen molar-refractivity contribution in [1.29, 1.82) is 0 Å². The third-order valence-electron chi connectivity index (χ3n) is 8.63. The zero-order valence-electron chi connectivity index (χ0n) is 21.9. The Morgan fingerprint density at radius 3 is 2.49 bits per heavy atom. The van der Waals surface area contributed by atoms with E-state index in [9.17, 15) is 22.4 Å². The van der Waals surface area contributed by atoms with Crippen LogP contribution < -0.4 is 0 Å². The van der Waals surface area contributed by atoms with E-state index in [4.69, 9.17) is 0 Å². The standard InChI is InChI=1S/C32H24F4N4O/c1-19-14-27-21(16-38-40(27)23-11-9-22(33)10-12-23)15-25(19)31-18-39(17-26(31)28(31)20-6-3-2-4-7-20)30(41)29-24(32(34,35)36)8-5-13-37-29/h2-16,26,28H,17-18H2,1H3/t26-,28-,31+/m0/s1. The van der Waals surface area contributed by atoms with Gasteiger partial charge in [0.25, 0.3) is 5.91 Å². The van der Waals surface area contributed by atoms with Gasteiger partial charge in [0.2, 0.25) is 0 Å². The lowest BCUT2D eigenvalue weighted by Crippen LogP contribution is -2.36. The van der Waals surface area contributed by atoms with Crippen LogP contribution in [-0.2, 0) is 11.6 Å². The molecular weight excluding hydrogens is 532 g/mol. The van der Waals surface area contributed by atoms with Gasteiger partial charge in [0.15, 0.2) is 0 Å². The third-order valence-corrected chi connectivity index (χ3v) is 8.63. The number of nitrogens with zero attached hydrogens (tertiary/aromatic N) is 4. The first kappa shape index (κ1) is 25.4. The van der Waals surface area contributed by atoms with Gasteiger partial charge in [-0.15, -0.1) is 0 Å². The number of benzene rings is 3. The Bertz CT molecular complexity index is 1800. The normalized spacial score (nSPS) is 21.7. The minimum absolute atomic E-state index is 0.0372. The Morgan fingerprint density at radius 2 is 1.76 bits per heavy atom. The predicted molar refractivity (Wildman–Crippen MR) is 145 cm³/mol. The molecule has 41 heavy (non-hydrogen) atoms. The van der Waals surface area contributed by atoms with E-state index >= 15 is 0 Å². The van der Waals surface area contributed by atoms with Crippen molar-refractivity contribution >= 4 is 16.8 Å². The number of amides is 1. The number of pyridine rings is 1. The van der Waals surface area contributed by atoms with Crippen molar-refractivity contribution in [1.82, 2.24) is 19.7 Å². The Kier molecular flexibility index (Phi) is 5.58. The van der Waals surface area contributed by atoms with Crippen LogP contribution in [0.5, 0.6) is 0 Å². The number of halogens is 4. The summed E-state index contributed by atoms with van der Waals surface area (Å²) in [5.74, 6) is -0.890. The molecule has 3 heterocycles. The summed E-state index contributed by atoms with van der Waals surface area (Å²) < 4.78 is 56.4. The molecule has 0 spiro atoms. The highest BCUT2D eigenvalue weighted by molar-refractivity contribution is 5.95. The molecule has 1 aliphatic carbocycles. The zero-order chi connectivity index (χ0) is 28.5. The van der Waals surface area contributed by atoms with Gasteiger partial charge in [-0.25, -0.2) is 9.07 Å². The van der Waals surface area contributed by atoms with Gasteiger partial charge < -0.3 is 4.90 Å². The van der Waals surface area contributed by atoms with Gasteiger partial charge in [0.1, 0.15) is 11.5 Å². The number of piperidine rings is 1. The fourth-order valence-corrected chi connectivity index (χ4v) is 6.84. The maximum Gasteiger partial charge on any atom is 0.418 e. The summed E-state index contributed by atoms with van der Waals surface area (Å²) in [6.07, 6.45) is -1.70. The first-order valence-corrected chi connectivity index (χ1v) is 13.3. The molecule has 1 aliphatic heterocycles. The molecule has 5 aromatic rings. The largest absolute Gasteiger partial charge is 0.418 e. The molecule has 206 valence electrons. The Balaban J connectivity index is 1.30. The first-order chi connectivity index (χ1) is 19.7. The summed E-state index contributed by atoms with van der Waals surface area (Å²) in [6.45, 7) is 2.62. The maximum absolute atomic E-state index is 13.7. The van der Waals surface area contributed by atoms with E-state index in [1.165, 1.54) is 29.3 Å². The van der Waals surface area contributed by atoms with Gasteiger partial charge in [0.05, 0.1) is 23.0 Å². The van der Waals surface area contributed by atoms with Crippen molar-refractivity contribution in [3.8, 4) is 5.69 Å². The lowest BCUT2D eigenvalue weighted by molar-refractivity contribution is -0.138. The SMILES string of the molecule is Cc1cc2c(cnn2-c2ccc(F)cc2)cc1[C@]12CN(C(=O)c3ncccc3C(F)(F)F)C[C@H]1[C@@H]2c1ccccc1. The number of fused-ring (bicyclic) bond motifs is 2. The molecule has 3 atom stereocenters. The average Bonchev–Trinajstić information content (AvgIpc) is 3.22. The Morgan fingerprint density at radius 1 is 1.00 bits per heavy atom. The molecule has 2 aliphatic rings. The quantitative estimate of drug-likeness (QED) is 0.232. The lowest BCUT2D eigenvalue weighted by Gasteiger charge is -2.26. The van der Waals surface area contributed by atoms with Gasteiger partial charge in [-0.05, 0) is 78.1 Å². The van der Waals surface area contributed by atoms with E-state index in [1.807, 2.05) is 31.2 Å². The Hall–Kier alpha value is -4.53. The predicted octanol–water partition coefficient (Wildman–Crippen LogP) is 6.69. The van der Waals surface area contributed by atoms with Crippen molar-refractivity contribution in [2.75, 3.05) is 13.1 Å². The molecular formula is C32H24F4N4O. The summed E-state index contributed by atoms with van der Waals surface area (Å²) in [7, 11) is 0. The van der Waals surface area contributed by atoms with Crippen molar-refractivity contribution in [2.24, 2.45) is 5.92 Å². The summed E-state index contributed by atoms with van der Waals surface area (Å²) in [5.41, 5.74) is 2.72. The molecule has 9 heteroatoms.